The van der Waals surface area contributed by atoms with Gasteiger partial charge in [0.15, 0.2) is 0 Å². The van der Waals surface area contributed by atoms with Gasteiger partial charge in [0.2, 0.25) is 5.91 Å². The molecule has 0 fully saturated rings. The Hall–Kier alpha value is -1.06. The summed E-state index contributed by atoms with van der Waals surface area (Å²) >= 11 is 0. The third-order valence-electron chi connectivity index (χ3n) is 6.57. The molecular formula is C27H53N3O. The van der Waals surface area contributed by atoms with Gasteiger partial charge in [-0.3, -0.25) is 9.79 Å². The van der Waals surface area contributed by atoms with E-state index in [9.17, 15) is 4.79 Å². The van der Waals surface area contributed by atoms with Gasteiger partial charge in [-0.2, -0.15) is 0 Å². The first-order valence-corrected chi connectivity index (χ1v) is 13.8. The van der Waals surface area contributed by atoms with Crippen molar-refractivity contribution in [1.82, 2.24) is 10.2 Å². The number of amidine groups is 1. The minimum Gasteiger partial charge on any atom is -0.338 e. The molecular weight excluding hydrogens is 382 g/mol. The highest BCUT2D eigenvalue weighted by atomic mass is 16.1. The number of nitrogens with zero attached hydrogens (tertiary/aromatic N) is 2. The van der Waals surface area contributed by atoms with E-state index >= 15 is 0 Å². The van der Waals surface area contributed by atoms with E-state index in [0.29, 0.717) is 6.42 Å². The van der Waals surface area contributed by atoms with Gasteiger partial charge < -0.3 is 10.2 Å². The molecule has 1 heterocycles. The Morgan fingerprint density at radius 1 is 0.806 bits per heavy atom. The lowest BCUT2D eigenvalue weighted by molar-refractivity contribution is -0.122. The molecule has 1 unspecified atom stereocenters. The SMILES string of the molecule is CCCCCCCCCCCC(=O)NC(C)N1CCN=C1CCCCCCCCCC. The fourth-order valence-corrected chi connectivity index (χ4v) is 4.54. The summed E-state index contributed by atoms with van der Waals surface area (Å²) in [5, 5.41) is 3.21. The van der Waals surface area contributed by atoms with E-state index in [2.05, 4.69) is 31.0 Å². The standard InChI is InChI=1S/C27H53N3O/c1-4-6-8-10-12-14-16-18-20-22-27(31)29-25(3)30-24-23-28-26(30)21-19-17-15-13-11-9-7-5-2/h25H,4-24H2,1-3H3,(H,29,31). The zero-order valence-electron chi connectivity index (χ0n) is 21.2. The smallest absolute Gasteiger partial charge is 0.221 e. The number of carbonyl (C=O) groups is 1. The normalized spacial score (nSPS) is 14.7. The predicted molar refractivity (Wildman–Crippen MR) is 136 cm³/mol. The Morgan fingerprint density at radius 3 is 1.84 bits per heavy atom. The maximum absolute atomic E-state index is 12.4. The molecule has 1 rings (SSSR count). The minimum atomic E-state index is 0.0707. The first-order valence-electron chi connectivity index (χ1n) is 13.8. The molecule has 1 aliphatic rings. The van der Waals surface area contributed by atoms with E-state index in [4.69, 9.17) is 4.99 Å². The molecule has 0 saturated carbocycles. The molecule has 31 heavy (non-hydrogen) atoms. The third-order valence-corrected chi connectivity index (χ3v) is 6.57. The molecule has 0 aromatic carbocycles. The maximum Gasteiger partial charge on any atom is 0.221 e. The molecule has 4 nitrogen and oxygen atoms in total. The van der Waals surface area contributed by atoms with Crippen LogP contribution in [-0.4, -0.2) is 35.9 Å². The van der Waals surface area contributed by atoms with Gasteiger partial charge in [-0.1, -0.05) is 110 Å². The second-order valence-corrected chi connectivity index (χ2v) is 9.54. The molecule has 1 atom stereocenters. The van der Waals surface area contributed by atoms with Crippen LogP contribution in [0.2, 0.25) is 0 Å². The fraction of sp³-hybridized carbons (Fsp3) is 0.926. The molecule has 0 aromatic rings. The molecule has 0 bridgehead atoms. The number of carbonyl (C=O) groups excluding carboxylic acids is 1. The van der Waals surface area contributed by atoms with Crippen molar-refractivity contribution < 1.29 is 4.79 Å². The van der Waals surface area contributed by atoms with Gasteiger partial charge in [0.05, 0.1) is 12.7 Å². The molecule has 0 aromatic heterocycles. The highest BCUT2D eigenvalue weighted by molar-refractivity contribution is 5.84. The Morgan fingerprint density at radius 2 is 1.29 bits per heavy atom. The molecule has 0 radical (unpaired) electrons. The van der Waals surface area contributed by atoms with Crippen LogP contribution < -0.4 is 5.32 Å². The van der Waals surface area contributed by atoms with Gasteiger partial charge in [0, 0.05) is 19.4 Å². The first-order chi connectivity index (χ1) is 15.2. The van der Waals surface area contributed by atoms with Crippen LogP contribution in [0.25, 0.3) is 0 Å². The summed E-state index contributed by atoms with van der Waals surface area (Å²) in [4.78, 5) is 19.4. The fourth-order valence-electron chi connectivity index (χ4n) is 4.54. The maximum atomic E-state index is 12.4. The van der Waals surface area contributed by atoms with E-state index < -0.39 is 0 Å². The summed E-state index contributed by atoms with van der Waals surface area (Å²) in [5.41, 5.74) is 0. The highest BCUT2D eigenvalue weighted by Gasteiger charge is 2.22. The lowest BCUT2D eigenvalue weighted by Crippen LogP contribution is -2.47. The van der Waals surface area contributed by atoms with Crippen molar-refractivity contribution in [2.75, 3.05) is 13.1 Å². The molecule has 4 heteroatoms. The van der Waals surface area contributed by atoms with Crippen molar-refractivity contribution in [3.63, 3.8) is 0 Å². The Kier molecular flexibility index (Phi) is 17.7. The summed E-state index contributed by atoms with van der Waals surface area (Å²) < 4.78 is 0. The van der Waals surface area contributed by atoms with Gasteiger partial charge in [-0.15, -0.1) is 0 Å². The van der Waals surface area contributed by atoms with Crippen LogP contribution in [-0.2, 0) is 4.79 Å². The van der Waals surface area contributed by atoms with Crippen LogP contribution in [0.5, 0.6) is 0 Å². The average Bonchev–Trinajstić information content (AvgIpc) is 3.23. The average molecular weight is 436 g/mol. The van der Waals surface area contributed by atoms with Crippen LogP contribution in [0.3, 0.4) is 0 Å². The number of nitrogens with one attached hydrogen (secondary N) is 1. The number of unbranched alkanes of at least 4 members (excludes halogenated alkanes) is 15. The summed E-state index contributed by atoms with van der Waals surface area (Å²) in [6.45, 7) is 8.48. The summed E-state index contributed by atoms with van der Waals surface area (Å²) in [7, 11) is 0. The number of rotatable bonds is 21. The number of hydrogen-bond acceptors (Lipinski definition) is 3. The second-order valence-electron chi connectivity index (χ2n) is 9.54. The van der Waals surface area contributed by atoms with Crippen molar-refractivity contribution >= 4 is 11.7 Å². The van der Waals surface area contributed by atoms with Crippen LogP contribution in [0.15, 0.2) is 4.99 Å². The van der Waals surface area contributed by atoms with E-state index in [-0.39, 0.29) is 12.1 Å². The van der Waals surface area contributed by atoms with Crippen molar-refractivity contribution in [3.05, 3.63) is 0 Å². The Bertz CT molecular complexity index is 463. The zero-order chi connectivity index (χ0) is 22.6. The van der Waals surface area contributed by atoms with E-state index in [1.165, 1.54) is 109 Å². The van der Waals surface area contributed by atoms with Crippen molar-refractivity contribution in [2.24, 2.45) is 4.99 Å². The molecule has 0 spiro atoms. The summed E-state index contributed by atoms with van der Waals surface area (Å²) in [6.07, 6.45) is 24.2. The molecule has 0 aliphatic carbocycles. The van der Waals surface area contributed by atoms with Crippen molar-refractivity contribution in [1.29, 1.82) is 0 Å². The summed E-state index contributed by atoms with van der Waals surface area (Å²) in [5.74, 6) is 1.41. The van der Waals surface area contributed by atoms with E-state index in [1.807, 2.05) is 0 Å². The van der Waals surface area contributed by atoms with Gasteiger partial charge in [-0.05, 0) is 19.8 Å². The van der Waals surface area contributed by atoms with Crippen LogP contribution >= 0.6 is 0 Å². The Balaban J connectivity index is 2.06. The molecule has 182 valence electrons. The van der Waals surface area contributed by atoms with Gasteiger partial charge in [-0.25, -0.2) is 0 Å². The number of hydrogen-bond donors (Lipinski definition) is 1. The van der Waals surface area contributed by atoms with E-state index in [0.717, 1.165) is 25.9 Å². The lowest BCUT2D eigenvalue weighted by Gasteiger charge is -2.28. The van der Waals surface area contributed by atoms with Gasteiger partial charge in [0.1, 0.15) is 5.84 Å². The quantitative estimate of drug-likeness (QED) is 0.188. The van der Waals surface area contributed by atoms with Crippen molar-refractivity contribution in [3.8, 4) is 0 Å². The monoisotopic (exact) mass is 435 g/mol. The van der Waals surface area contributed by atoms with Crippen LogP contribution in [0.1, 0.15) is 143 Å². The Labute approximate surface area is 194 Å². The van der Waals surface area contributed by atoms with Gasteiger partial charge in [0.25, 0.3) is 0 Å². The van der Waals surface area contributed by atoms with Crippen molar-refractivity contribution in [2.45, 2.75) is 149 Å². The topological polar surface area (TPSA) is 44.7 Å². The van der Waals surface area contributed by atoms with Gasteiger partial charge >= 0.3 is 0 Å². The predicted octanol–water partition coefficient (Wildman–Crippen LogP) is 7.61. The van der Waals surface area contributed by atoms with Crippen LogP contribution in [0.4, 0.5) is 0 Å². The lowest BCUT2D eigenvalue weighted by atomic mass is 10.1. The number of amides is 1. The zero-order valence-corrected chi connectivity index (χ0v) is 21.2. The third kappa shape index (κ3) is 14.6. The summed E-state index contributed by atoms with van der Waals surface area (Å²) in [6, 6.07) is 0. The molecule has 1 N–H and O–H groups in total. The minimum absolute atomic E-state index is 0.0707. The largest absolute Gasteiger partial charge is 0.338 e. The molecule has 1 amide bonds. The number of aliphatic imine (C=N–C) groups is 1. The second kappa shape index (κ2) is 19.6. The first kappa shape index (κ1) is 28.0. The molecule has 0 saturated heterocycles. The van der Waals surface area contributed by atoms with Crippen LogP contribution in [0, 0.1) is 0 Å². The molecule has 1 aliphatic heterocycles. The van der Waals surface area contributed by atoms with E-state index in [1.54, 1.807) is 0 Å². The highest BCUT2D eigenvalue weighted by Crippen LogP contribution is 2.15.